The summed E-state index contributed by atoms with van der Waals surface area (Å²) in [6, 6.07) is 23.5. The van der Waals surface area contributed by atoms with Crippen molar-refractivity contribution in [3.8, 4) is 0 Å². The Hall–Kier alpha value is -3.05. The average Bonchev–Trinajstić information content (AvgIpc) is 3.15. The number of thioether (sulfide) groups is 1. The van der Waals surface area contributed by atoms with Crippen LogP contribution in [-0.2, 0) is 12.3 Å². The summed E-state index contributed by atoms with van der Waals surface area (Å²) in [4.78, 5) is 17.2. The fourth-order valence-electron chi connectivity index (χ4n) is 2.90. The fourth-order valence-corrected chi connectivity index (χ4v) is 3.75. The van der Waals surface area contributed by atoms with Gasteiger partial charge in [0.25, 0.3) is 11.1 Å². The summed E-state index contributed by atoms with van der Waals surface area (Å²) in [5.74, 6) is 0.537. The number of rotatable bonds is 6. The highest BCUT2D eigenvalue weighted by Crippen LogP contribution is 2.27. The molecule has 5 heteroatoms. The molecule has 0 unspecified atom stereocenters. The number of benzene rings is 3. The highest BCUT2D eigenvalue weighted by Gasteiger charge is 2.13. The van der Waals surface area contributed by atoms with E-state index < -0.39 is 0 Å². The lowest BCUT2D eigenvalue weighted by atomic mass is 10.1. The second-order valence-electron chi connectivity index (χ2n) is 6.56. The van der Waals surface area contributed by atoms with Gasteiger partial charge < -0.3 is 9.73 Å². The number of nitrogens with zero attached hydrogens (tertiary/aromatic N) is 1. The molecule has 0 radical (unpaired) electrons. The lowest BCUT2D eigenvalue weighted by Gasteiger charge is -2.10. The molecule has 1 amide bonds. The third-order valence-corrected chi connectivity index (χ3v) is 5.34. The van der Waals surface area contributed by atoms with Gasteiger partial charge in [-0.05, 0) is 36.2 Å². The Kier molecular flexibility index (Phi) is 5.44. The zero-order valence-corrected chi connectivity index (χ0v) is 16.3. The molecule has 0 fully saturated rings. The summed E-state index contributed by atoms with van der Waals surface area (Å²) >= 11 is 1.49. The average molecular weight is 388 g/mol. The van der Waals surface area contributed by atoms with E-state index in [-0.39, 0.29) is 5.91 Å². The molecule has 0 spiro atoms. The van der Waals surface area contributed by atoms with Gasteiger partial charge in [-0.25, -0.2) is 4.98 Å². The van der Waals surface area contributed by atoms with E-state index in [0.29, 0.717) is 23.1 Å². The van der Waals surface area contributed by atoms with Crippen molar-refractivity contribution in [3.63, 3.8) is 0 Å². The van der Waals surface area contributed by atoms with Gasteiger partial charge in [0.1, 0.15) is 5.52 Å². The van der Waals surface area contributed by atoms with Crippen LogP contribution >= 0.6 is 11.8 Å². The van der Waals surface area contributed by atoms with E-state index >= 15 is 0 Å². The van der Waals surface area contributed by atoms with E-state index in [1.54, 1.807) is 0 Å². The number of oxazole rings is 1. The number of carbonyl (C=O) groups excluding carboxylic acids is 1. The van der Waals surface area contributed by atoms with Gasteiger partial charge in [0.15, 0.2) is 5.58 Å². The van der Waals surface area contributed by atoms with Gasteiger partial charge >= 0.3 is 0 Å². The molecular weight excluding hydrogens is 368 g/mol. The second kappa shape index (κ2) is 8.31. The molecule has 0 bridgehead atoms. The van der Waals surface area contributed by atoms with Crippen LogP contribution in [0.3, 0.4) is 0 Å². The van der Waals surface area contributed by atoms with E-state index in [1.807, 2.05) is 79.7 Å². The van der Waals surface area contributed by atoms with Crippen molar-refractivity contribution in [2.45, 2.75) is 24.4 Å². The van der Waals surface area contributed by atoms with Crippen molar-refractivity contribution in [2.75, 3.05) is 0 Å². The second-order valence-corrected chi connectivity index (χ2v) is 7.49. The number of hydrogen-bond donors (Lipinski definition) is 1. The summed E-state index contributed by atoms with van der Waals surface area (Å²) in [5, 5.41) is 3.61. The van der Waals surface area contributed by atoms with Crippen LogP contribution in [0.25, 0.3) is 11.1 Å². The lowest BCUT2D eigenvalue weighted by molar-refractivity contribution is 0.0950. The van der Waals surface area contributed by atoms with Crippen LogP contribution < -0.4 is 5.32 Å². The Balaban J connectivity index is 1.43. The minimum atomic E-state index is -0.0747. The van der Waals surface area contributed by atoms with Gasteiger partial charge in [-0.1, -0.05) is 71.9 Å². The smallest absolute Gasteiger partial charge is 0.257 e. The maximum Gasteiger partial charge on any atom is 0.257 e. The zero-order chi connectivity index (χ0) is 19.3. The quantitative estimate of drug-likeness (QED) is 0.452. The van der Waals surface area contributed by atoms with E-state index in [2.05, 4.69) is 10.3 Å². The summed E-state index contributed by atoms with van der Waals surface area (Å²) in [6.45, 7) is 2.55. The van der Waals surface area contributed by atoms with Crippen molar-refractivity contribution in [3.05, 3.63) is 95.1 Å². The van der Waals surface area contributed by atoms with E-state index in [1.165, 1.54) is 17.3 Å². The van der Waals surface area contributed by atoms with Crippen LogP contribution in [0, 0.1) is 6.92 Å². The Morgan fingerprint density at radius 3 is 2.57 bits per heavy atom. The predicted octanol–water partition coefficient (Wildman–Crippen LogP) is 5.36. The monoisotopic (exact) mass is 388 g/mol. The van der Waals surface area contributed by atoms with E-state index in [9.17, 15) is 4.79 Å². The molecule has 4 nitrogen and oxygen atoms in total. The number of nitrogens with one attached hydrogen (secondary N) is 1. The first-order chi connectivity index (χ1) is 13.7. The molecule has 1 N–H and O–H groups in total. The molecule has 140 valence electrons. The van der Waals surface area contributed by atoms with Crippen LogP contribution in [-0.4, -0.2) is 10.9 Å². The molecule has 0 aliphatic rings. The van der Waals surface area contributed by atoms with Crippen molar-refractivity contribution in [1.82, 2.24) is 10.3 Å². The molecule has 0 saturated carbocycles. The van der Waals surface area contributed by atoms with Gasteiger partial charge in [0.05, 0.1) is 0 Å². The maximum absolute atomic E-state index is 12.7. The number of para-hydroxylation sites is 2. The zero-order valence-electron chi connectivity index (χ0n) is 15.5. The molecule has 1 heterocycles. The summed E-state index contributed by atoms with van der Waals surface area (Å²) in [5.41, 5.74) is 5.53. The maximum atomic E-state index is 12.7. The number of hydrogen-bond acceptors (Lipinski definition) is 4. The highest BCUT2D eigenvalue weighted by molar-refractivity contribution is 7.98. The number of fused-ring (bicyclic) bond motifs is 1. The normalized spacial score (nSPS) is 10.9. The van der Waals surface area contributed by atoms with Gasteiger partial charge in [-0.2, -0.15) is 0 Å². The lowest BCUT2D eigenvalue weighted by Crippen LogP contribution is -2.23. The Morgan fingerprint density at radius 1 is 1.00 bits per heavy atom. The van der Waals surface area contributed by atoms with Crippen molar-refractivity contribution in [2.24, 2.45) is 0 Å². The molecule has 0 aliphatic carbocycles. The highest BCUT2D eigenvalue weighted by atomic mass is 32.2. The van der Waals surface area contributed by atoms with Crippen molar-refractivity contribution >= 4 is 28.8 Å². The largest absolute Gasteiger partial charge is 0.431 e. The van der Waals surface area contributed by atoms with Gasteiger partial charge in [-0.3, -0.25) is 4.79 Å². The van der Waals surface area contributed by atoms with Gasteiger partial charge in [-0.15, -0.1) is 0 Å². The molecule has 3 aromatic carbocycles. The minimum Gasteiger partial charge on any atom is -0.431 e. The summed E-state index contributed by atoms with van der Waals surface area (Å²) in [6.07, 6.45) is 0. The molecular formula is C23H20N2O2S. The van der Waals surface area contributed by atoms with Crippen LogP contribution in [0.15, 0.2) is 82.4 Å². The van der Waals surface area contributed by atoms with Crippen molar-refractivity contribution < 1.29 is 9.21 Å². The third kappa shape index (κ3) is 4.26. The molecule has 28 heavy (non-hydrogen) atoms. The SMILES string of the molecule is Cc1ccc(CNC(=O)c2ccccc2CSc2nc3ccccc3o2)cc1. The first-order valence-electron chi connectivity index (χ1n) is 9.09. The van der Waals surface area contributed by atoms with E-state index in [4.69, 9.17) is 4.42 Å². The molecule has 4 aromatic rings. The van der Waals surface area contributed by atoms with Crippen molar-refractivity contribution in [1.29, 1.82) is 0 Å². The van der Waals surface area contributed by atoms with Crippen LogP contribution in [0.4, 0.5) is 0 Å². The fraction of sp³-hybridized carbons (Fsp3) is 0.130. The Bertz CT molecular complexity index is 1070. The number of aromatic nitrogens is 1. The first-order valence-corrected chi connectivity index (χ1v) is 10.1. The number of carbonyl (C=O) groups is 1. The summed E-state index contributed by atoms with van der Waals surface area (Å²) < 4.78 is 5.76. The Morgan fingerprint density at radius 2 is 1.75 bits per heavy atom. The number of amides is 1. The Labute approximate surface area is 168 Å². The molecule has 0 aliphatic heterocycles. The van der Waals surface area contributed by atoms with E-state index in [0.717, 1.165) is 22.2 Å². The molecule has 4 rings (SSSR count). The summed E-state index contributed by atoms with van der Waals surface area (Å²) in [7, 11) is 0. The van der Waals surface area contributed by atoms with Crippen LogP contribution in [0.2, 0.25) is 0 Å². The topological polar surface area (TPSA) is 55.1 Å². The van der Waals surface area contributed by atoms with Crippen LogP contribution in [0.5, 0.6) is 0 Å². The predicted molar refractivity (Wildman–Crippen MR) is 112 cm³/mol. The third-order valence-electron chi connectivity index (χ3n) is 4.46. The molecule has 0 atom stereocenters. The van der Waals surface area contributed by atoms with Gasteiger partial charge in [0.2, 0.25) is 0 Å². The molecule has 1 aromatic heterocycles. The van der Waals surface area contributed by atoms with Gasteiger partial charge in [0, 0.05) is 17.9 Å². The molecule has 0 saturated heterocycles. The van der Waals surface area contributed by atoms with Crippen LogP contribution in [0.1, 0.15) is 27.0 Å². The standard InChI is InChI=1S/C23H20N2O2S/c1-16-10-12-17(13-11-16)14-24-22(26)19-7-3-2-6-18(19)15-28-23-25-20-8-4-5-9-21(20)27-23/h2-13H,14-15H2,1H3,(H,24,26). The first kappa shape index (κ1) is 18.3. The minimum absolute atomic E-state index is 0.0747. The number of aryl methyl sites for hydroxylation is 1.